The number of aryl methyl sites for hydroxylation is 1. The maximum absolute atomic E-state index is 10.5. The third-order valence-corrected chi connectivity index (χ3v) is 5.73. The van der Waals surface area contributed by atoms with E-state index < -0.39 is 6.10 Å². The second-order valence-electron chi connectivity index (χ2n) is 8.25. The molecule has 0 amide bonds. The Kier molecular flexibility index (Phi) is 7.40. The molecular formula is C24H35N2O3+. The minimum Gasteiger partial charge on any atom is -0.495 e. The molecule has 2 aromatic rings. The van der Waals surface area contributed by atoms with E-state index in [9.17, 15) is 5.11 Å². The SMILES string of the molecule is COc1ccccc1N1CC[NH+](C[C@H](O)COc2ccc(C(C)C)c(C)c2)CC1. The first-order valence-corrected chi connectivity index (χ1v) is 10.6. The molecule has 1 atom stereocenters. The first-order valence-electron chi connectivity index (χ1n) is 10.6. The maximum Gasteiger partial charge on any atom is 0.142 e. The summed E-state index contributed by atoms with van der Waals surface area (Å²) in [5.41, 5.74) is 3.73. The van der Waals surface area contributed by atoms with Crippen molar-refractivity contribution in [2.45, 2.75) is 32.8 Å². The lowest BCUT2D eigenvalue weighted by Gasteiger charge is -2.35. The van der Waals surface area contributed by atoms with E-state index in [0.29, 0.717) is 19.1 Å². The summed E-state index contributed by atoms with van der Waals surface area (Å²) < 4.78 is 11.3. The lowest BCUT2D eigenvalue weighted by molar-refractivity contribution is -0.903. The van der Waals surface area contributed by atoms with Crippen LogP contribution in [0.25, 0.3) is 0 Å². The van der Waals surface area contributed by atoms with Gasteiger partial charge in [0, 0.05) is 0 Å². The van der Waals surface area contributed by atoms with Crippen molar-refractivity contribution in [3.05, 3.63) is 53.6 Å². The zero-order valence-corrected chi connectivity index (χ0v) is 18.1. The lowest BCUT2D eigenvalue weighted by Crippen LogP contribution is -3.16. The largest absolute Gasteiger partial charge is 0.495 e. The molecule has 0 aliphatic carbocycles. The number of hydrogen-bond acceptors (Lipinski definition) is 4. The first kappa shape index (κ1) is 21.5. The zero-order valence-electron chi connectivity index (χ0n) is 18.1. The van der Waals surface area contributed by atoms with Gasteiger partial charge in [-0.2, -0.15) is 0 Å². The van der Waals surface area contributed by atoms with Gasteiger partial charge in [0.05, 0.1) is 39.0 Å². The van der Waals surface area contributed by atoms with Crippen LogP contribution in [0.2, 0.25) is 0 Å². The molecule has 1 saturated heterocycles. The van der Waals surface area contributed by atoms with Crippen molar-refractivity contribution >= 4 is 5.69 Å². The van der Waals surface area contributed by atoms with Gasteiger partial charge in [-0.25, -0.2) is 0 Å². The summed E-state index contributed by atoms with van der Waals surface area (Å²) in [5, 5.41) is 10.5. The normalized spacial score (nSPS) is 16.1. The van der Waals surface area contributed by atoms with E-state index in [1.165, 1.54) is 16.0 Å². The van der Waals surface area contributed by atoms with Crippen molar-refractivity contribution in [2.24, 2.45) is 0 Å². The van der Waals surface area contributed by atoms with Crippen LogP contribution < -0.4 is 19.3 Å². The Morgan fingerprint density at radius 3 is 2.48 bits per heavy atom. The molecule has 1 aliphatic rings. The third kappa shape index (κ3) is 5.64. The van der Waals surface area contributed by atoms with Crippen molar-refractivity contribution in [3.63, 3.8) is 0 Å². The van der Waals surface area contributed by atoms with E-state index in [1.807, 2.05) is 24.3 Å². The van der Waals surface area contributed by atoms with Gasteiger partial charge in [0.2, 0.25) is 0 Å². The van der Waals surface area contributed by atoms with Gasteiger partial charge >= 0.3 is 0 Å². The number of nitrogens with one attached hydrogen (secondary N) is 1. The van der Waals surface area contributed by atoms with Crippen LogP contribution >= 0.6 is 0 Å². The van der Waals surface area contributed by atoms with Gasteiger partial charge in [-0.05, 0) is 48.2 Å². The quantitative estimate of drug-likeness (QED) is 0.715. The Morgan fingerprint density at radius 1 is 1.10 bits per heavy atom. The van der Waals surface area contributed by atoms with Crippen molar-refractivity contribution in [1.82, 2.24) is 0 Å². The highest BCUT2D eigenvalue weighted by atomic mass is 16.5. The second kappa shape index (κ2) is 9.99. The Morgan fingerprint density at radius 2 is 1.83 bits per heavy atom. The summed E-state index contributed by atoms with van der Waals surface area (Å²) in [5.74, 6) is 2.26. The molecular weight excluding hydrogens is 364 g/mol. The molecule has 158 valence electrons. The van der Waals surface area contributed by atoms with Gasteiger partial charge < -0.3 is 24.4 Å². The predicted molar refractivity (Wildman–Crippen MR) is 118 cm³/mol. The van der Waals surface area contributed by atoms with E-state index in [1.54, 1.807) is 7.11 Å². The molecule has 2 N–H and O–H groups in total. The number of piperazine rings is 1. The van der Waals surface area contributed by atoms with Gasteiger partial charge in [-0.3, -0.25) is 0 Å². The van der Waals surface area contributed by atoms with Crippen LogP contribution in [0, 0.1) is 6.92 Å². The van der Waals surface area contributed by atoms with E-state index in [4.69, 9.17) is 9.47 Å². The highest BCUT2D eigenvalue weighted by Crippen LogP contribution is 2.27. The number of benzene rings is 2. The molecule has 0 unspecified atom stereocenters. The molecule has 0 spiro atoms. The number of methoxy groups -OCH3 is 1. The third-order valence-electron chi connectivity index (χ3n) is 5.73. The Hall–Kier alpha value is -2.24. The number of rotatable bonds is 8. The molecule has 29 heavy (non-hydrogen) atoms. The van der Waals surface area contributed by atoms with Crippen LogP contribution in [0.15, 0.2) is 42.5 Å². The van der Waals surface area contributed by atoms with Gasteiger partial charge in [0.25, 0.3) is 0 Å². The number of aliphatic hydroxyl groups is 1. The molecule has 1 aliphatic heterocycles. The molecule has 0 saturated carbocycles. The van der Waals surface area contributed by atoms with Crippen LogP contribution in [-0.4, -0.2) is 57.7 Å². The van der Waals surface area contributed by atoms with E-state index >= 15 is 0 Å². The van der Waals surface area contributed by atoms with Crippen LogP contribution in [0.1, 0.15) is 30.9 Å². The minimum atomic E-state index is -0.465. The highest BCUT2D eigenvalue weighted by Gasteiger charge is 2.24. The fourth-order valence-electron chi connectivity index (χ4n) is 4.13. The van der Waals surface area contributed by atoms with E-state index in [2.05, 4.69) is 43.9 Å². The fraction of sp³-hybridized carbons (Fsp3) is 0.500. The van der Waals surface area contributed by atoms with Gasteiger partial charge in [-0.15, -0.1) is 0 Å². The number of aliphatic hydroxyl groups excluding tert-OH is 1. The minimum absolute atomic E-state index is 0.334. The number of quaternary nitrogens is 1. The van der Waals surface area contributed by atoms with Gasteiger partial charge in [0.1, 0.15) is 30.8 Å². The summed E-state index contributed by atoms with van der Waals surface area (Å²) >= 11 is 0. The molecule has 5 nitrogen and oxygen atoms in total. The molecule has 5 heteroatoms. The molecule has 1 heterocycles. The molecule has 0 aromatic heterocycles. The van der Waals surface area contributed by atoms with Crippen molar-refractivity contribution in [2.75, 3.05) is 51.3 Å². The number of anilines is 1. The summed E-state index contributed by atoms with van der Waals surface area (Å²) in [4.78, 5) is 3.78. The number of para-hydroxylation sites is 2. The molecule has 1 fully saturated rings. The van der Waals surface area contributed by atoms with Crippen molar-refractivity contribution < 1.29 is 19.5 Å². The molecule has 0 bridgehead atoms. The van der Waals surface area contributed by atoms with Crippen LogP contribution in [-0.2, 0) is 0 Å². The van der Waals surface area contributed by atoms with Crippen molar-refractivity contribution in [3.8, 4) is 11.5 Å². The number of hydrogen-bond donors (Lipinski definition) is 2. The summed E-state index contributed by atoms with van der Waals surface area (Å²) in [6, 6.07) is 14.4. The van der Waals surface area contributed by atoms with Gasteiger partial charge in [-0.1, -0.05) is 32.0 Å². The number of ether oxygens (including phenoxy) is 2. The smallest absolute Gasteiger partial charge is 0.142 e. The lowest BCUT2D eigenvalue weighted by atomic mass is 9.98. The van der Waals surface area contributed by atoms with Crippen molar-refractivity contribution in [1.29, 1.82) is 0 Å². The average Bonchev–Trinajstić information content (AvgIpc) is 2.72. The standard InChI is InChI=1S/C24H34N2O3/c1-18(2)22-10-9-21(15-19(22)3)29-17-20(27)16-25-11-13-26(14-12-25)23-7-5-6-8-24(23)28-4/h5-10,15,18,20,27H,11-14,16-17H2,1-4H3/p+1/t20-/m0/s1. The van der Waals surface area contributed by atoms with Crippen LogP contribution in [0.5, 0.6) is 11.5 Å². The fourth-order valence-corrected chi connectivity index (χ4v) is 4.13. The predicted octanol–water partition coefficient (Wildman–Crippen LogP) is 2.27. The van der Waals surface area contributed by atoms with Crippen LogP contribution in [0.3, 0.4) is 0 Å². The molecule has 3 rings (SSSR count). The zero-order chi connectivity index (χ0) is 20.8. The number of nitrogens with zero attached hydrogens (tertiary/aromatic N) is 1. The second-order valence-corrected chi connectivity index (χ2v) is 8.25. The summed E-state index contributed by atoms with van der Waals surface area (Å²) in [6.07, 6.45) is -0.465. The molecule has 0 radical (unpaired) electrons. The molecule has 2 aromatic carbocycles. The average molecular weight is 400 g/mol. The summed E-state index contributed by atoms with van der Waals surface area (Å²) in [7, 11) is 1.72. The monoisotopic (exact) mass is 399 g/mol. The Balaban J connectivity index is 1.45. The maximum atomic E-state index is 10.5. The Labute approximate surface area is 174 Å². The highest BCUT2D eigenvalue weighted by molar-refractivity contribution is 5.58. The van der Waals surface area contributed by atoms with Crippen LogP contribution in [0.4, 0.5) is 5.69 Å². The first-order chi connectivity index (χ1) is 14.0. The summed E-state index contributed by atoms with van der Waals surface area (Å²) in [6.45, 7) is 11.5. The Bertz CT molecular complexity index is 785. The van der Waals surface area contributed by atoms with E-state index in [0.717, 1.165) is 43.4 Å². The topological polar surface area (TPSA) is 46.4 Å². The van der Waals surface area contributed by atoms with E-state index in [-0.39, 0.29) is 0 Å². The van der Waals surface area contributed by atoms with Gasteiger partial charge in [0.15, 0.2) is 0 Å².